The Labute approximate surface area is 113 Å². The van der Waals surface area contributed by atoms with Crippen molar-refractivity contribution in [2.45, 2.75) is 44.4 Å². The molecule has 1 saturated carbocycles. The van der Waals surface area contributed by atoms with Crippen LogP contribution in [0.4, 0.5) is 0 Å². The minimum atomic E-state index is -0.846. The molecule has 0 radical (unpaired) electrons. The molecule has 2 fully saturated rings. The summed E-state index contributed by atoms with van der Waals surface area (Å²) >= 11 is 0. The first-order valence-corrected chi connectivity index (χ1v) is 6.86. The Balaban J connectivity index is 1.51. The Morgan fingerprint density at radius 2 is 1.95 bits per heavy atom. The molecule has 2 N–H and O–H groups in total. The number of hydrogen-bond acceptors (Lipinski definition) is 4. The maximum Gasteiger partial charge on any atom is 0.163 e. The first-order chi connectivity index (χ1) is 9.22. The third kappa shape index (κ3) is 2.30. The molecule has 1 heterocycles. The fourth-order valence-corrected chi connectivity index (χ4v) is 3.02. The lowest BCUT2D eigenvalue weighted by Gasteiger charge is -2.42. The van der Waals surface area contributed by atoms with E-state index >= 15 is 0 Å². The standard InChI is InChI=1S/C15H20O4/c16-13-12(19-14(17)15(13)7-4-8-15)10-18-9-11-5-2-1-3-6-11/h1-3,5-6,12-14,16-17H,4,7-10H2/t12-,13-,14+/m1/s1. The lowest BCUT2D eigenvalue weighted by Crippen LogP contribution is -2.47. The minimum Gasteiger partial charge on any atom is -0.390 e. The van der Waals surface area contributed by atoms with Crippen molar-refractivity contribution >= 4 is 0 Å². The van der Waals surface area contributed by atoms with Gasteiger partial charge in [0.15, 0.2) is 6.29 Å². The average molecular weight is 264 g/mol. The van der Waals surface area contributed by atoms with E-state index in [0.717, 1.165) is 24.8 Å². The zero-order valence-electron chi connectivity index (χ0n) is 10.9. The fraction of sp³-hybridized carbons (Fsp3) is 0.600. The third-order valence-electron chi connectivity index (χ3n) is 4.41. The highest BCUT2D eigenvalue weighted by Crippen LogP contribution is 2.52. The summed E-state index contributed by atoms with van der Waals surface area (Å²) in [5.41, 5.74) is 0.662. The Hall–Kier alpha value is -0.940. The number of ether oxygens (including phenoxy) is 2. The summed E-state index contributed by atoms with van der Waals surface area (Å²) in [6.07, 6.45) is 0.844. The van der Waals surface area contributed by atoms with E-state index in [1.54, 1.807) is 0 Å². The summed E-state index contributed by atoms with van der Waals surface area (Å²) in [5.74, 6) is 0. The van der Waals surface area contributed by atoms with E-state index in [9.17, 15) is 10.2 Å². The van der Waals surface area contributed by atoms with Crippen LogP contribution < -0.4 is 0 Å². The maximum atomic E-state index is 10.3. The van der Waals surface area contributed by atoms with Crippen LogP contribution in [0, 0.1) is 5.41 Å². The first-order valence-electron chi connectivity index (χ1n) is 6.86. The van der Waals surface area contributed by atoms with Gasteiger partial charge in [-0.25, -0.2) is 0 Å². The molecule has 1 aliphatic heterocycles. The minimum absolute atomic E-state index is 0.314. The Bertz CT molecular complexity index is 415. The number of benzene rings is 1. The van der Waals surface area contributed by atoms with Gasteiger partial charge in [-0.3, -0.25) is 0 Å². The van der Waals surface area contributed by atoms with Crippen LogP contribution in [0.2, 0.25) is 0 Å². The Morgan fingerprint density at radius 3 is 2.53 bits per heavy atom. The second-order valence-electron chi connectivity index (χ2n) is 5.56. The molecule has 1 aromatic rings. The molecule has 1 saturated heterocycles. The van der Waals surface area contributed by atoms with Gasteiger partial charge in [0, 0.05) is 5.41 Å². The van der Waals surface area contributed by atoms with Gasteiger partial charge < -0.3 is 19.7 Å². The SMILES string of the molecule is O[C@@H]1[C@@H](COCc2ccccc2)O[C@H](O)C12CCC2. The van der Waals surface area contributed by atoms with Crippen LogP contribution in [0.5, 0.6) is 0 Å². The summed E-state index contributed by atoms with van der Waals surface area (Å²) < 4.78 is 11.0. The largest absolute Gasteiger partial charge is 0.390 e. The highest BCUT2D eigenvalue weighted by atomic mass is 16.6. The van der Waals surface area contributed by atoms with Gasteiger partial charge in [0.1, 0.15) is 6.10 Å². The lowest BCUT2D eigenvalue weighted by molar-refractivity contribution is -0.165. The van der Waals surface area contributed by atoms with Gasteiger partial charge >= 0.3 is 0 Å². The molecule has 104 valence electrons. The van der Waals surface area contributed by atoms with Crippen LogP contribution in [0.1, 0.15) is 24.8 Å². The normalized spacial score (nSPS) is 32.4. The molecule has 0 unspecified atom stereocenters. The predicted molar refractivity (Wildman–Crippen MR) is 69.3 cm³/mol. The highest BCUT2D eigenvalue weighted by Gasteiger charge is 2.58. The summed E-state index contributed by atoms with van der Waals surface area (Å²) in [7, 11) is 0. The van der Waals surface area contributed by atoms with Gasteiger partial charge in [0.25, 0.3) is 0 Å². The van der Waals surface area contributed by atoms with E-state index in [4.69, 9.17) is 9.47 Å². The van der Waals surface area contributed by atoms with Crippen molar-refractivity contribution in [1.82, 2.24) is 0 Å². The number of hydrogen-bond donors (Lipinski definition) is 2. The molecule has 4 nitrogen and oxygen atoms in total. The molecule has 1 spiro atoms. The molecular weight excluding hydrogens is 244 g/mol. The van der Waals surface area contributed by atoms with E-state index in [1.165, 1.54) is 0 Å². The molecule has 3 atom stereocenters. The molecule has 0 aromatic heterocycles. The lowest BCUT2D eigenvalue weighted by atomic mass is 9.65. The van der Waals surface area contributed by atoms with Crippen molar-refractivity contribution in [1.29, 1.82) is 0 Å². The van der Waals surface area contributed by atoms with Crippen molar-refractivity contribution in [2.75, 3.05) is 6.61 Å². The van der Waals surface area contributed by atoms with Crippen LogP contribution >= 0.6 is 0 Å². The second kappa shape index (κ2) is 5.21. The molecule has 0 bridgehead atoms. The number of rotatable bonds is 4. The third-order valence-corrected chi connectivity index (χ3v) is 4.41. The summed E-state index contributed by atoms with van der Waals surface area (Å²) in [6.45, 7) is 0.811. The van der Waals surface area contributed by atoms with Gasteiger partial charge in [-0.2, -0.15) is 0 Å². The Morgan fingerprint density at radius 1 is 1.21 bits per heavy atom. The molecule has 0 amide bonds. The molecule has 4 heteroatoms. The van der Waals surface area contributed by atoms with Crippen molar-refractivity contribution in [3.63, 3.8) is 0 Å². The van der Waals surface area contributed by atoms with Crippen molar-refractivity contribution < 1.29 is 19.7 Å². The van der Waals surface area contributed by atoms with Gasteiger partial charge in [0.05, 0.1) is 19.3 Å². The zero-order valence-corrected chi connectivity index (χ0v) is 10.9. The molecular formula is C15H20O4. The smallest absolute Gasteiger partial charge is 0.163 e. The van der Waals surface area contributed by atoms with Crippen molar-refractivity contribution in [3.05, 3.63) is 35.9 Å². The van der Waals surface area contributed by atoms with Crippen LogP contribution in [0.3, 0.4) is 0 Å². The van der Waals surface area contributed by atoms with E-state index in [2.05, 4.69) is 0 Å². The molecule has 1 aliphatic carbocycles. The average Bonchev–Trinajstić information content (AvgIpc) is 2.62. The monoisotopic (exact) mass is 264 g/mol. The highest BCUT2D eigenvalue weighted by molar-refractivity contribution is 5.13. The Kier molecular flexibility index (Phi) is 3.58. The van der Waals surface area contributed by atoms with E-state index in [1.807, 2.05) is 30.3 Å². The zero-order chi connectivity index (χ0) is 13.3. The number of aliphatic hydroxyl groups excluding tert-OH is 2. The fourth-order valence-electron chi connectivity index (χ4n) is 3.02. The van der Waals surface area contributed by atoms with Crippen molar-refractivity contribution in [2.24, 2.45) is 5.41 Å². The second-order valence-corrected chi connectivity index (χ2v) is 5.56. The van der Waals surface area contributed by atoms with E-state index in [-0.39, 0.29) is 0 Å². The van der Waals surface area contributed by atoms with Crippen LogP contribution in [0.15, 0.2) is 30.3 Å². The van der Waals surface area contributed by atoms with Crippen LogP contribution in [-0.4, -0.2) is 35.3 Å². The first kappa shape index (κ1) is 13.1. The van der Waals surface area contributed by atoms with E-state index < -0.39 is 23.9 Å². The maximum absolute atomic E-state index is 10.3. The molecule has 2 aliphatic rings. The summed E-state index contributed by atoms with van der Waals surface area (Å²) in [6, 6.07) is 9.88. The van der Waals surface area contributed by atoms with Crippen LogP contribution in [-0.2, 0) is 16.1 Å². The molecule has 19 heavy (non-hydrogen) atoms. The van der Waals surface area contributed by atoms with Gasteiger partial charge in [-0.05, 0) is 18.4 Å². The quantitative estimate of drug-likeness (QED) is 0.864. The molecule has 3 rings (SSSR count). The van der Waals surface area contributed by atoms with Gasteiger partial charge in [0.2, 0.25) is 0 Å². The predicted octanol–water partition coefficient (Wildman–Crippen LogP) is 1.45. The van der Waals surface area contributed by atoms with Crippen molar-refractivity contribution in [3.8, 4) is 0 Å². The van der Waals surface area contributed by atoms with E-state index in [0.29, 0.717) is 13.2 Å². The van der Waals surface area contributed by atoms with Gasteiger partial charge in [-0.1, -0.05) is 36.8 Å². The summed E-state index contributed by atoms with van der Waals surface area (Å²) in [4.78, 5) is 0. The van der Waals surface area contributed by atoms with Gasteiger partial charge in [-0.15, -0.1) is 0 Å². The summed E-state index contributed by atoms with van der Waals surface area (Å²) in [5, 5.41) is 20.2. The topological polar surface area (TPSA) is 58.9 Å². The van der Waals surface area contributed by atoms with Crippen LogP contribution in [0.25, 0.3) is 0 Å². The number of aliphatic hydroxyl groups is 2. The molecule has 1 aromatic carbocycles.